The third-order valence-electron chi connectivity index (χ3n) is 2.81. The molecule has 1 aromatic rings. The highest BCUT2D eigenvalue weighted by Gasteiger charge is 2.25. The minimum absolute atomic E-state index is 0.305. The van der Waals surface area contributed by atoms with Crippen molar-refractivity contribution < 1.29 is 4.74 Å². The van der Waals surface area contributed by atoms with Crippen LogP contribution in [0.4, 0.5) is 5.13 Å². The molecule has 1 aromatic heterocycles. The van der Waals surface area contributed by atoms with Gasteiger partial charge in [-0.3, -0.25) is 0 Å². The summed E-state index contributed by atoms with van der Waals surface area (Å²) in [6.07, 6.45) is 3.16. The van der Waals surface area contributed by atoms with Crippen LogP contribution in [0.25, 0.3) is 0 Å². The number of hydrogen-bond acceptors (Lipinski definition) is 5. The van der Waals surface area contributed by atoms with E-state index >= 15 is 0 Å². The van der Waals surface area contributed by atoms with E-state index in [0.29, 0.717) is 18.6 Å². The van der Waals surface area contributed by atoms with Gasteiger partial charge in [0.15, 0.2) is 0 Å². The minimum Gasteiger partial charge on any atom is -0.372 e. The fraction of sp³-hybridized carbons (Fsp3) is 0.667. The summed E-state index contributed by atoms with van der Waals surface area (Å²) in [5.41, 5.74) is 0. The van der Waals surface area contributed by atoms with Crippen LogP contribution in [-0.2, 0) is 4.74 Å². The number of aromatic nitrogens is 2. The summed E-state index contributed by atoms with van der Waals surface area (Å²) in [6.45, 7) is 10.5. The first-order valence-electron chi connectivity index (χ1n) is 6.01. The average molecular weight is 253 g/mol. The van der Waals surface area contributed by atoms with Gasteiger partial charge < -0.3 is 9.64 Å². The van der Waals surface area contributed by atoms with Gasteiger partial charge >= 0.3 is 0 Å². The first kappa shape index (κ1) is 12.5. The Bertz CT molecular complexity index is 378. The summed E-state index contributed by atoms with van der Waals surface area (Å²) in [5.74, 6) is 1.34. The molecule has 0 radical (unpaired) electrons. The molecule has 5 heteroatoms. The highest BCUT2D eigenvalue weighted by Crippen LogP contribution is 2.25. The van der Waals surface area contributed by atoms with Gasteiger partial charge in [0, 0.05) is 30.5 Å². The molecule has 0 N–H and O–H groups in total. The summed E-state index contributed by atoms with van der Waals surface area (Å²) in [4.78, 5) is 6.83. The first-order chi connectivity index (χ1) is 8.20. The lowest BCUT2D eigenvalue weighted by Gasteiger charge is -2.14. The Hall–Kier alpha value is -0.940. The zero-order valence-electron chi connectivity index (χ0n) is 10.4. The molecule has 4 nitrogen and oxygen atoms in total. The second-order valence-corrected chi connectivity index (χ2v) is 5.30. The lowest BCUT2D eigenvalue weighted by Crippen LogP contribution is -2.22. The molecule has 94 valence electrons. The normalized spacial score (nSPS) is 20.2. The van der Waals surface area contributed by atoms with Crippen LogP contribution in [0, 0.1) is 0 Å². The number of nitrogens with zero attached hydrogens (tertiary/aromatic N) is 3. The Morgan fingerprint density at radius 3 is 3.12 bits per heavy atom. The Morgan fingerprint density at radius 2 is 2.47 bits per heavy atom. The lowest BCUT2D eigenvalue weighted by molar-refractivity contribution is 0.0909. The van der Waals surface area contributed by atoms with Gasteiger partial charge in [-0.15, -0.1) is 6.58 Å². The van der Waals surface area contributed by atoms with Gasteiger partial charge in [-0.1, -0.05) is 19.9 Å². The molecule has 0 amide bonds. The van der Waals surface area contributed by atoms with Crippen molar-refractivity contribution in [3.63, 3.8) is 0 Å². The zero-order chi connectivity index (χ0) is 12.3. The smallest absolute Gasteiger partial charge is 0.205 e. The highest BCUT2D eigenvalue weighted by atomic mass is 32.1. The summed E-state index contributed by atoms with van der Waals surface area (Å²) < 4.78 is 10.0. The monoisotopic (exact) mass is 253 g/mol. The SMILES string of the molecule is C=CCOC1CCN(c2nc(C(C)C)ns2)C1. The molecule has 0 aliphatic carbocycles. The van der Waals surface area contributed by atoms with Crippen molar-refractivity contribution in [1.29, 1.82) is 0 Å². The quantitative estimate of drug-likeness (QED) is 0.755. The van der Waals surface area contributed by atoms with Gasteiger partial charge in [0.1, 0.15) is 5.82 Å². The Kier molecular flexibility index (Phi) is 4.12. The average Bonchev–Trinajstić information content (AvgIpc) is 2.94. The van der Waals surface area contributed by atoms with Gasteiger partial charge in [-0.25, -0.2) is 4.98 Å². The standard InChI is InChI=1S/C12H19N3OS/c1-4-7-16-10-5-6-15(8-10)12-13-11(9(2)3)14-17-12/h4,9-10H,1,5-8H2,2-3H3. The van der Waals surface area contributed by atoms with Crippen molar-refractivity contribution in [2.75, 3.05) is 24.6 Å². The van der Waals surface area contributed by atoms with E-state index in [-0.39, 0.29) is 0 Å². The molecule has 1 atom stereocenters. The Morgan fingerprint density at radius 1 is 1.65 bits per heavy atom. The van der Waals surface area contributed by atoms with Gasteiger partial charge in [0.05, 0.1) is 12.7 Å². The molecule has 1 aliphatic rings. The van der Waals surface area contributed by atoms with E-state index in [1.165, 1.54) is 11.5 Å². The van der Waals surface area contributed by atoms with E-state index in [0.717, 1.165) is 30.5 Å². The van der Waals surface area contributed by atoms with Crippen molar-refractivity contribution in [3.05, 3.63) is 18.5 Å². The van der Waals surface area contributed by atoms with E-state index in [2.05, 4.69) is 34.7 Å². The lowest BCUT2D eigenvalue weighted by atomic mass is 10.2. The van der Waals surface area contributed by atoms with Gasteiger partial charge in [-0.05, 0) is 6.42 Å². The Balaban J connectivity index is 1.92. The third kappa shape index (κ3) is 3.04. The molecule has 2 heterocycles. The summed E-state index contributed by atoms with van der Waals surface area (Å²) in [5, 5.41) is 1.03. The van der Waals surface area contributed by atoms with Crippen LogP contribution in [0.15, 0.2) is 12.7 Å². The maximum atomic E-state index is 5.65. The molecule has 0 saturated carbocycles. The molecular weight excluding hydrogens is 234 g/mol. The van der Waals surface area contributed by atoms with Crippen molar-refractivity contribution >= 4 is 16.7 Å². The van der Waals surface area contributed by atoms with Crippen molar-refractivity contribution in [3.8, 4) is 0 Å². The first-order valence-corrected chi connectivity index (χ1v) is 6.79. The molecule has 0 aromatic carbocycles. The number of rotatable bonds is 5. The van der Waals surface area contributed by atoms with Crippen molar-refractivity contribution in [2.24, 2.45) is 0 Å². The second-order valence-electron chi connectivity index (χ2n) is 4.57. The maximum absolute atomic E-state index is 5.65. The second kappa shape index (κ2) is 5.60. The molecule has 2 rings (SSSR count). The molecular formula is C12H19N3OS. The molecule has 1 fully saturated rings. The van der Waals surface area contributed by atoms with E-state index < -0.39 is 0 Å². The van der Waals surface area contributed by atoms with Crippen molar-refractivity contribution in [2.45, 2.75) is 32.3 Å². The largest absolute Gasteiger partial charge is 0.372 e. The van der Waals surface area contributed by atoms with E-state index in [1.54, 1.807) is 6.08 Å². The number of hydrogen-bond donors (Lipinski definition) is 0. The van der Waals surface area contributed by atoms with Crippen molar-refractivity contribution in [1.82, 2.24) is 9.36 Å². The minimum atomic E-state index is 0.305. The summed E-state index contributed by atoms with van der Waals surface area (Å²) in [6, 6.07) is 0. The maximum Gasteiger partial charge on any atom is 0.205 e. The van der Waals surface area contributed by atoms with Crippen LogP contribution in [0.3, 0.4) is 0 Å². The van der Waals surface area contributed by atoms with Crippen LogP contribution in [0.5, 0.6) is 0 Å². The predicted molar refractivity (Wildman–Crippen MR) is 70.8 cm³/mol. The molecule has 17 heavy (non-hydrogen) atoms. The van der Waals surface area contributed by atoms with Crippen LogP contribution >= 0.6 is 11.5 Å². The van der Waals surface area contributed by atoms with Crippen LogP contribution in [-0.4, -0.2) is 35.2 Å². The summed E-state index contributed by atoms with van der Waals surface area (Å²) in [7, 11) is 0. The molecule has 0 spiro atoms. The van der Waals surface area contributed by atoms with E-state index in [9.17, 15) is 0 Å². The van der Waals surface area contributed by atoms with Gasteiger partial charge in [-0.2, -0.15) is 4.37 Å². The zero-order valence-corrected chi connectivity index (χ0v) is 11.2. The molecule has 1 saturated heterocycles. The molecule has 1 aliphatic heterocycles. The molecule has 1 unspecified atom stereocenters. The highest BCUT2D eigenvalue weighted by molar-refractivity contribution is 7.09. The van der Waals surface area contributed by atoms with Crippen LogP contribution in [0.1, 0.15) is 32.0 Å². The van der Waals surface area contributed by atoms with Crippen LogP contribution in [0.2, 0.25) is 0 Å². The number of ether oxygens (including phenoxy) is 1. The topological polar surface area (TPSA) is 38.2 Å². The van der Waals surface area contributed by atoms with E-state index in [4.69, 9.17) is 4.74 Å². The Labute approximate surface area is 106 Å². The van der Waals surface area contributed by atoms with Gasteiger partial charge in [0.2, 0.25) is 5.13 Å². The fourth-order valence-corrected chi connectivity index (χ4v) is 2.67. The fourth-order valence-electron chi connectivity index (χ4n) is 1.83. The summed E-state index contributed by atoms with van der Waals surface area (Å²) >= 11 is 1.49. The number of anilines is 1. The van der Waals surface area contributed by atoms with Gasteiger partial charge in [0.25, 0.3) is 0 Å². The predicted octanol–water partition coefficient (Wildman–Crippen LogP) is 2.44. The van der Waals surface area contributed by atoms with E-state index in [1.807, 2.05) is 0 Å². The van der Waals surface area contributed by atoms with Crippen LogP contribution < -0.4 is 4.90 Å². The molecule has 0 bridgehead atoms. The third-order valence-corrected chi connectivity index (χ3v) is 3.60.